The Labute approximate surface area is 146 Å². The number of hydrogen-bond donors (Lipinski definition) is 1. The van der Waals surface area contributed by atoms with Crippen LogP contribution in [0.4, 0.5) is 0 Å². The molecule has 0 saturated carbocycles. The van der Waals surface area contributed by atoms with Crippen molar-refractivity contribution in [3.63, 3.8) is 0 Å². The summed E-state index contributed by atoms with van der Waals surface area (Å²) in [6.07, 6.45) is 0. The first kappa shape index (κ1) is 21.2. The second-order valence-corrected chi connectivity index (χ2v) is 5.35. The van der Waals surface area contributed by atoms with Crippen molar-refractivity contribution in [1.82, 2.24) is 0 Å². The van der Waals surface area contributed by atoms with Crippen LogP contribution in [0.15, 0.2) is 109 Å². The van der Waals surface area contributed by atoms with Gasteiger partial charge in [0.25, 0.3) is 0 Å². The van der Waals surface area contributed by atoms with Gasteiger partial charge in [0.05, 0.1) is 0 Å². The molecule has 1 nitrogen and oxygen atoms in total. The molecule has 1 N–H and O–H groups in total. The molecule has 0 heterocycles. The monoisotopic (exact) mass is 320 g/mol. The summed E-state index contributed by atoms with van der Waals surface area (Å²) < 4.78 is 0. The van der Waals surface area contributed by atoms with Gasteiger partial charge in [-0.3, -0.25) is 0 Å². The number of allylic oxidation sites excluding steroid dienone is 1. The molecule has 0 aromatic heterocycles. The standard InChI is InChI=1S/C7H8.C6H6O.C6H6.C4H8/c1-7-5-3-2-4-6-7;7-6-4-2-1-3-5-6;1-2-4-6-5-3-1;1-4(2)3/h2-6H,1H3;1-5,7H;1-6H;1H2,2-3H3. The number of phenols is 1. The van der Waals surface area contributed by atoms with Crippen molar-refractivity contribution in [2.45, 2.75) is 20.8 Å². The predicted octanol–water partition coefficient (Wildman–Crippen LogP) is 6.66. The number of hydrogen-bond acceptors (Lipinski definition) is 1. The number of para-hydroxylation sites is 1. The molecule has 1 heteroatoms. The van der Waals surface area contributed by atoms with Gasteiger partial charge in [0, 0.05) is 0 Å². The van der Waals surface area contributed by atoms with Gasteiger partial charge in [-0.1, -0.05) is 96.1 Å². The fourth-order valence-corrected chi connectivity index (χ4v) is 1.35. The van der Waals surface area contributed by atoms with E-state index in [0.717, 1.165) is 0 Å². The molecule has 0 aliphatic heterocycles. The third-order valence-corrected chi connectivity index (χ3v) is 2.36. The molecule has 0 aliphatic rings. The van der Waals surface area contributed by atoms with Gasteiger partial charge >= 0.3 is 0 Å². The highest BCUT2D eigenvalue weighted by Crippen LogP contribution is 2.02. The van der Waals surface area contributed by atoms with E-state index in [-0.39, 0.29) is 0 Å². The molecule has 3 aromatic carbocycles. The van der Waals surface area contributed by atoms with Crippen molar-refractivity contribution in [1.29, 1.82) is 0 Å². The fraction of sp³-hybridized carbons (Fsp3) is 0.130. The van der Waals surface area contributed by atoms with E-state index < -0.39 is 0 Å². The molecule has 0 unspecified atom stereocenters. The lowest BCUT2D eigenvalue weighted by molar-refractivity contribution is 0.475. The van der Waals surface area contributed by atoms with E-state index >= 15 is 0 Å². The number of benzene rings is 3. The van der Waals surface area contributed by atoms with Gasteiger partial charge in [-0.2, -0.15) is 0 Å². The van der Waals surface area contributed by atoms with E-state index in [1.165, 1.54) is 11.1 Å². The Bertz CT molecular complexity index is 548. The molecule has 126 valence electrons. The van der Waals surface area contributed by atoms with Gasteiger partial charge in [0.1, 0.15) is 5.75 Å². The van der Waals surface area contributed by atoms with Crippen LogP contribution in [0.3, 0.4) is 0 Å². The highest BCUT2D eigenvalue weighted by atomic mass is 16.3. The second-order valence-electron chi connectivity index (χ2n) is 5.35. The molecule has 0 aliphatic carbocycles. The Morgan fingerprint density at radius 2 is 0.875 bits per heavy atom. The van der Waals surface area contributed by atoms with Gasteiger partial charge < -0.3 is 5.11 Å². The summed E-state index contributed by atoms with van der Waals surface area (Å²) in [4.78, 5) is 0. The van der Waals surface area contributed by atoms with Crippen molar-refractivity contribution in [2.75, 3.05) is 0 Å². The van der Waals surface area contributed by atoms with Crippen LogP contribution in [-0.2, 0) is 0 Å². The maximum atomic E-state index is 8.63. The lowest BCUT2D eigenvalue weighted by Crippen LogP contribution is -1.62. The minimum atomic E-state index is 0.322. The molecule has 0 saturated heterocycles. The van der Waals surface area contributed by atoms with Crippen molar-refractivity contribution >= 4 is 0 Å². The molecule has 0 fully saturated rings. The molecule has 0 atom stereocenters. The van der Waals surface area contributed by atoms with Gasteiger partial charge in [-0.05, 0) is 32.9 Å². The maximum absolute atomic E-state index is 8.63. The van der Waals surface area contributed by atoms with E-state index in [1.807, 2.05) is 74.5 Å². The molecule has 3 rings (SSSR count). The van der Waals surface area contributed by atoms with E-state index in [2.05, 4.69) is 25.6 Å². The first-order valence-electron chi connectivity index (χ1n) is 7.90. The molecule has 0 spiro atoms. The summed E-state index contributed by atoms with van der Waals surface area (Å²) in [5.41, 5.74) is 2.49. The molecule has 0 amide bonds. The highest BCUT2D eigenvalue weighted by Gasteiger charge is 1.75. The summed E-state index contributed by atoms with van der Waals surface area (Å²) in [5.74, 6) is 0.322. The Kier molecular flexibility index (Phi) is 13.3. The molecule has 3 aromatic rings. The number of rotatable bonds is 0. The smallest absolute Gasteiger partial charge is 0.115 e. The minimum absolute atomic E-state index is 0.322. The van der Waals surface area contributed by atoms with Crippen LogP contribution in [0.2, 0.25) is 0 Å². The summed E-state index contributed by atoms with van der Waals surface area (Å²) >= 11 is 0. The van der Waals surface area contributed by atoms with Gasteiger partial charge in [0.2, 0.25) is 0 Å². The van der Waals surface area contributed by atoms with E-state index in [0.29, 0.717) is 5.75 Å². The van der Waals surface area contributed by atoms with Crippen LogP contribution in [0, 0.1) is 6.92 Å². The molecule has 0 radical (unpaired) electrons. The van der Waals surface area contributed by atoms with E-state index in [1.54, 1.807) is 24.3 Å². The SMILES string of the molecule is C=C(C)C.Cc1ccccc1.Oc1ccccc1.c1ccccc1. The largest absolute Gasteiger partial charge is 0.508 e. The molecular formula is C23H28O. The third kappa shape index (κ3) is 17.3. The van der Waals surface area contributed by atoms with Crippen molar-refractivity contribution < 1.29 is 5.11 Å². The first-order valence-corrected chi connectivity index (χ1v) is 7.90. The Morgan fingerprint density at radius 1 is 0.625 bits per heavy atom. The Balaban J connectivity index is 0.000000301. The van der Waals surface area contributed by atoms with Crippen LogP contribution in [0.25, 0.3) is 0 Å². The summed E-state index contributed by atoms with van der Waals surface area (Å²) in [6.45, 7) is 9.58. The first-order chi connectivity index (χ1) is 11.5. The molecular weight excluding hydrogens is 292 g/mol. The van der Waals surface area contributed by atoms with Gasteiger partial charge in [0.15, 0.2) is 0 Å². The number of phenolic OH excluding ortho intramolecular Hbond substituents is 1. The van der Waals surface area contributed by atoms with Crippen LogP contribution < -0.4 is 0 Å². The topological polar surface area (TPSA) is 20.2 Å². The zero-order valence-electron chi connectivity index (χ0n) is 14.9. The van der Waals surface area contributed by atoms with E-state index in [4.69, 9.17) is 5.11 Å². The van der Waals surface area contributed by atoms with Crippen LogP contribution in [0.1, 0.15) is 19.4 Å². The zero-order valence-corrected chi connectivity index (χ0v) is 14.9. The van der Waals surface area contributed by atoms with Gasteiger partial charge in [-0.15, -0.1) is 6.58 Å². The van der Waals surface area contributed by atoms with Crippen molar-refractivity contribution in [3.8, 4) is 5.75 Å². The normalized spacial score (nSPS) is 8.12. The maximum Gasteiger partial charge on any atom is 0.115 e. The molecule has 0 bridgehead atoms. The number of aryl methyl sites for hydroxylation is 1. The third-order valence-electron chi connectivity index (χ3n) is 2.36. The zero-order chi connectivity index (χ0) is 18.0. The molecule has 24 heavy (non-hydrogen) atoms. The Hall–Kier alpha value is -2.80. The second kappa shape index (κ2) is 15.1. The fourth-order valence-electron chi connectivity index (χ4n) is 1.35. The lowest BCUT2D eigenvalue weighted by atomic mass is 10.2. The average molecular weight is 320 g/mol. The lowest BCUT2D eigenvalue weighted by Gasteiger charge is -1.82. The highest BCUT2D eigenvalue weighted by molar-refractivity contribution is 5.18. The van der Waals surface area contributed by atoms with Gasteiger partial charge in [-0.25, -0.2) is 0 Å². The summed E-state index contributed by atoms with van der Waals surface area (Å²) in [6, 6.07) is 31.0. The van der Waals surface area contributed by atoms with Crippen LogP contribution >= 0.6 is 0 Å². The quantitative estimate of drug-likeness (QED) is 0.459. The van der Waals surface area contributed by atoms with Crippen LogP contribution in [-0.4, -0.2) is 5.11 Å². The summed E-state index contributed by atoms with van der Waals surface area (Å²) in [7, 11) is 0. The summed E-state index contributed by atoms with van der Waals surface area (Å²) in [5, 5.41) is 8.63. The minimum Gasteiger partial charge on any atom is -0.508 e. The van der Waals surface area contributed by atoms with Crippen molar-refractivity contribution in [2.24, 2.45) is 0 Å². The predicted molar refractivity (Wildman–Crippen MR) is 106 cm³/mol. The Morgan fingerprint density at radius 3 is 1.04 bits per heavy atom. The average Bonchev–Trinajstić information content (AvgIpc) is 2.58. The van der Waals surface area contributed by atoms with E-state index in [9.17, 15) is 0 Å². The van der Waals surface area contributed by atoms with Crippen LogP contribution in [0.5, 0.6) is 5.75 Å². The van der Waals surface area contributed by atoms with Crippen molar-refractivity contribution in [3.05, 3.63) is 115 Å². The number of aromatic hydroxyl groups is 1.